The topological polar surface area (TPSA) is 72.4 Å². The summed E-state index contributed by atoms with van der Waals surface area (Å²) in [4.78, 5) is 32.6. The smallest absolute Gasteiger partial charge is 0.311 e. The van der Waals surface area contributed by atoms with Gasteiger partial charge in [0.05, 0.1) is 13.0 Å². The highest BCUT2D eigenvalue weighted by Gasteiger charge is 2.36. The minimum Gasteiger partial charge on any atom is -0.469 e. The number of hydrogen-bond donors (Lipinski definition) is 0. The summed E-state index contributed by atoms with van der Waals surface area (Å²) >= 11 is 2.08. The number of methoxy groups -OCH3 is 1. The van der Waals surface area contributed by atoms with Crippen LogP contribution in [0.5, 0.6) is 0 Å². The number of anilines is 1. The molecule has 1 aliphatic rings. The molecule has 1 aromatic rings. The maximum atomic E-state index is 11.7. The third kappa shape index (κ3) is 2.54. The number of halogens is 1. The van der Waals surface area contributed by atoms with E-state index in [-0.39, 0.29) is 24.8 Å². The van der Waals surface area contributed by atoms with Crippen LogP contribution < -0.4 is 4.90 Å². The monoisotopic (exact) mass is 347 g/mol. The van der Waals surface area contributed by atoms with Gasteiger partial charge in [-0.1, -0.05) is 0 Å². The summed E-state index contributed by atoms with van der Waals surface area (Å²) in [5, 5.41) is 0. The summed E-state index contributed by atoms with van der Waals surface area (Å²) in [5.41, 5.74) is 0. The van der Waals surface area contributed by atoms with Crippen LogP contribution in [0.1, 0.15) is 6.42 Å². The van der Waals surface area contributed by atoms with E-state index in [2.05, 4.69) is 37.3 Å². The standard InChI is InChI=1S/C10H10IN3O3/c1-17-9(16)6-2-8(15)14(5-6)10-12-3-7(11)4-13-10/h3-4,6H,2,5H2,1H3. The summed E-state index contributed by atoms with van der Waals surface area (Å²) in [6.45, 7) is 0.284. The second kappa shape index (κ2) is 4.94. The maximum Gasteiger partial charge on any atom is 0.311 e. The lowest BCUT2D eigenvalue weighted by atomic mass is 10.1. The molecule has 0 spiro atoms. The molecule has 1 fully saturated rings. The van der Waals surface area contributed by atoms with Crippen molar-refractivity contribution in [3.8, 4) is 0 Å². The Kier molecular flexibility index (Phi) is 3.55. The van der Waals surface area contributed by atoms with Crippen molar-refractivity contribution >= 4 is 40.4 Å². The third-order valence-electron chi connectivity index (χ3n) is 2.51. The van der Waals surface area contributed by atoms with Gasteiger partial charge < -0.3 is 4.74 Å². The second-order valence-corrected chi connectivity index (χ2v) is 4.88. The number of carbonyl (C=O) groups is 2. The lowest BCUT2D eigenvalue weighted by Crippen LogP contribution is -2.27. The predicted molar refractivity (Wildman–Crippen MR) is 67.2 cm³/mol. The second-order valence-electron chi connectivity index (χ2n) is 3.63. The number of carbonyl (C=O) groups excluding carboxylic acids is 2. The molecule has 0 radical (unpaired) electrons. The zero-order valence-electron chi connectivity index (χ0n) is 9.09. The van der Waals surface area contributed by atoms with Gasteiger partial charge in [0, 0.05) is 28.9 Å². The van der Waals surface area contributed by atoms with Crippen molar-refractivity contribution in [2.75, 3.05) is 18.6 Å². The van der Waals surface area contributed by atoms with Gasteiger partial charge in [-0.15, -0.1) is 0 Å². The Morgan fingerprint density at radius 1 is 1.53 bits per heavy atom. The number of aromatic nitrogens is 2. The zero-order valence-corrected chi connectivity index (χ0v) is 11.2. The Morgan fingerprint density at radius 3 is 2.76 bits per heavy atom. The van der Waals surface area contributed by atoms with Gasteiger partial charge in [-0.05, 0) is 22.6 Å². The van der Waals surface area contributed by atoms with Crippen LogP contribution in [0.4, 0.5) is 5.95 Å². The summed E-state index contributed by atoms with van der Waals surface area (Å²) in [6, 6.07) is 0. The zero-order chi connectivity index (χ0) is 12.4. The van der Waals surface area contributed by atoms with E-state index in [4.69, 9.17) is 0 Å². The van der Waals surface area contributed by atoms with Crippen molar-refractivity contribution in [3.63, 3.8) is 0 Å². The van der Waals surface area contributed by atoms with Gasteiger partial charge in [-0.2, -0.15) is 0 Å². The lowest BCUT2D eigenvalue weighted by Gasteiger charge is -2.13. The molecule has 0 bridgehead atoms. The van der Waals surface area contributed by atoms with Crippen molar-refractivity contribution < 1.29 is 14.3 Å². The largest absolute Gasteiger partial charge is 0.469 e. The van der Waals surface area contributed by atoms with Gasteiger partial charge in [0.1, 0.15) is 0 Å². The number of esters is 1. The number of nitrogens with zero attached hydrogens (tertiary/aromatic N) is 3. The third-order valence-corrected chi connectivity index (χ3v) is 3.06. The molecule has 90 valence electrons. The molecule has 0 saturated carbocycles. The van der Waals surface area contributed by atoms with E-state index in [0.29, 0.717) is 5.95 Å². The number of hydrogen-bond acceptors (Lipinski definition) is 5. The van der Waals surface area contributed by atoms with E-state index in [1.807, 2.05) is 0 Å². The van der Waals surface area contributed by atoms with Crippen LogP contribution in [0.25, 0.3) is 0 Å². The lowest BCUT2D eigenvalue weighted by molar-refractivity contribution is -0.145. The first-order valence-corrected chi connectivity index (χ1v) is 6.05. The first-order chi connectivity index (χ1) is 8.11. The molecule has 0 N–H and O–H groups in total. The van der Waals surface area contributed by atoms with Gasteiger partial charge in [-0.3, -0.25) is 14.5 Å². The summed E-state index contributed by atoms with van der Waals surface area (Å²) in [6.07, 6.45) is 3.41. The number of ether oxygens (including phenoxy) is 1. The minimum atomic E-state index is -0.421. The maximum absolute atomic E-state index is 11.7. The Morgan fingerprint density at radius 2 is 2.18 bits per heavy atom. The Balaban J connectivity index is 2.15. The molecule has 1 aliphatic heterocycles. The molecule has 2 rings (SSSR count). The molecule has 1 aromatic heterocycles. The normalized spacial score (nSPS) is 19.5. The molecule has 1 saturated heterocycles. The molecule has 0 aliphatic carbocycles. The van der Waals surface area contributed by atoms with Crippen LogP contribution >= 0.6 is 22.6 Å². The first kappa shape index (κ1) is 12.2. The van der Waals surface area contributed by atoms with Gasteiger partial charge >= 0.3 is 5.97 Å². The highest BCUT2D eigenvalue weighted by atomic mass is 127. The molecule has 2 heterocycles. The van der Waals surface area contributed by atoms with Crippen LogP contribution in [0.2, 0.25) is 0 Å². The fourth-order valence-electron chi connectivity index (χ4n) is 1.67. The van der Waals surface area contributed by atoms with E-state index >= 15 is 0 Å². The van der Waals surface area contributed by atoms with E-state index < -0.39 is 5.92 Å². The van der Waals surface area contributed by atoms with Crippen molar-refractivity contribution in [1.29, 1.82) is 0 Å². The number of amides is 1. The predicted octanol–water partition coefficient (Wildman–Crippen LogP) is 0.607. The van der Waals surface area contributed by atoms with Crippen LogP contribution in [0, 0.1) is 9.49 Å². The van der Waals surface area contributed by atoms with Crippen molar-refractivity contribution in [3.05, 3.63) is 16.0 Å². The highest BCUT2D eigenvalue weighted by molar-refractivity contribution is 14.1. The summed E-state index contributed by atoms with van der Waals surface area (Å²) < 4.78 is 5.52. The molecular weight excluding hydrogens is 337 g/mol. The highest BCUT2D eigenvalue weighted by Crippen LogP contribution is 2.22. The van der Waals surface area contributed by atoms with Gasteiger partial charge in [0.2, 0.25) is 11.9 Å². The molecule has 0 aromatic carbocycles. The average Bonchev–Trinajstić information content (AvgIpc) is 2.71. The quantitative estimate of drug-likeness (QED) is 0.579. The Labute approximate surface area is 112 Å². The Hall–Kier alpha value is -1.25. The fourth-order valence-corrected chi connectivity index (χ4v) is 1.95. The van der Waals surface area contributed by atoms with E-state index in [1.165, 1.54) is 12.0 Å². The van der Waals surface area contributed by atoms with Gasteiger partial charge in [0.25, 0.3) is 0 Å². The molecule has 6 nitrogen and oxygen atoms in total. The van der Waals surface area contributed by atoms with Crippen LogP contribution in [-0.2, 0) is 14.3 Å². The van der Waals surface area contributed by atoms with Crippen LogP contribution in [0.15, 0.2) is 12.4 Å². The van der Waals surface area contributed by atoms with Gasteiger partial charge in [-0.25, -0.2) is 9.97 Å². The average molecular weight is 347 g/mol. The molecule has 17 heavy (non-hydrogen) atoms. The number of rotatable bonds is 2. The molecule has 1 amide bonds. The first-order valence-electron chi connectivity index (χ1n) is 4.97. The summed E-state index contributed by atoms with van der Waals surface area (Å²) in [7, 11) is 1.32. The SMILES string of the molecule is COC(=O)C1CC(=O)N(c2ncc(I)cn2)C1. The van der Waals surface area contributed by atoms with E-state index in [0.717, 1.165) is 3.57 Å². The minimum absolute atomic E-state index is 0.151. The molecule has 1 atom stereocenters. The van der Waals surface area contributed by atoms with Crippen molar-refractivity contribution in [1.82, 2.24) is 9.97 Å². The molecule has 1 unspecified atom stereocenters. The van der Waals surface area contributed by atoms with E-state index in [1.54, 1.807) is 12.4 Å². The summed E-state index contributed by atoms with van der Waals surface area (Å²) in [5.74, 6) is -0.606. The molecular formula is C10H10IN3O3. The Bertz CT molecular complexity index is 449. The van der Waals surface area contributed by atoms with Crippen molar-refractivity contribution in [2.24, 2.45) is 5.92 Å². The van der Waals surface area contributed by atoms with Gasteiger partial charge in [0.15, 0.2) is 0 Å². The van der Waals surface area contributed by atoms with E-state index in [9.17, 15) is 9.59 Å². The van der Waals surface area contributed by atoms with Crippen LogP contribution in [-0.4, -0.2) is 35.5 Å². The van der Waals surface area contributed by atoms with Crippen molar-refractivity contribution in [2.45, 2.75) is 6.42 Å². The molecule has 7 heteroatoms. The fraction of sp³-hybridized carbons (Fsp3) is 0.400. The van der Waals surface area contributed by atoms with Crippen LogP contribution in [0.3, 0.4) is 0 Å².